The second kappa shape index (κ2) is 9.05. The molecule has 0 radical (unpaired) electrons. The normalized spacial score (nSPS) is 10.5. The summed E-state index contributed by atoms with van der Waals surface area (Å²) in [4.78, 5) is 0. The van der Waals surface area contributed by atoms with E-state index in [0.29, 0.717) is 6.61 Å². The van der Waals surface area contributed by atoms with E-state index in [2.05, 4.69) is 10.6 Å². The number of para-hydroxylation sites is 1. The maximum absolute atomic E-state index is 12.7. The third-order valence-electron chi connectivity index (χ3n) is 3.33. The summed E-state index contributed by atoms with van der Waals surface area (Å²) < 4.78 is 18.5. The van der Waals surface area contributed by atoms with Crippen molar-refractivity contribution in [3.8, 4) is 5.75 Å². The Morgan fingerprint density at radius 3 is 2.50 bits per heavy atom. The van der Waals surface area contributed by atoms with Crippen molar-refractivity contribution in [2.75, 3.05) is 31.6 Å². The van der Waals surface area contributed by atoms with Gasteiger partial charge in [0.25, 0.3) is 0 Å². The van der Waals surface area contributed by atoms with E-state index in [1.54, 1.807) is 12.1 Å². The molecule has 0 aromatic heterocycles. The van der Waals surface area contributed by atoms with Crippen molar-refractivity contribution in [3.63, 3.8) is 0 Å². The number of ether oxygens (including phenoxy) is 1. The molecule has 0 saturated carbocycles. The number of halogens is 1. The first kappa shape index (κ1) is 16.3. The Morgan fingerprint density at radius 1 is 0.955 bits per heavy atom. The lowest BCUT2D eigenvalue weighted by atomic mass is 10.2. The van der Waals surface area contributed by atoms with Gasteiger partial charge >= 0.3 is 0 Å². The molecule has 0 atom stereocenters. The average Bonchev–Trinajstić information content (AvgIpc) is 2.53. The van der Waals surface area contributed by atoms with E-state index >= 15 is 0 Å². The van der Waals surface area contributed by atoms with E-state index in [9.17, 15) is 4.39 Å². The molecule has 0 amide bonds. The number of hydrogen-bond acceptors (Lipinski definition) is 3. The average molecular weight is 302 g/mol. The van der Waals surface area contributed by atoms with Crippen LogP contribution >= 0.6 is 0 Å². The highest BCUT2D eigenvalue weighted by atomic mass is 19.1. The van der Waals surface area contributed by atoms with E-state index in [1.807, 2.05) is 31.2 Å². The van der Waals surface area contributed by atoms with Gasteiger partial charge in [0.2, 0.25) is 0 Å². The van der Waals surface area contributed by atoms with E-state index in [-0.39, 0.29) is 5.82 Å². The summed E-state index contributed by atoms with van der Waals surface area (Å²) in [5.74, 6) is 0.739. The van der Waals surface area contributed by atoms with E-state index in [4.69, 9.17) is 4.74 Å². The Labute approximate surface area is 131 Å². The molecule has 22 heavy (non-hydrogen) atoms. The van der Waals surface area contributed by atoms with Gasteiger partial charge in [0.15, 0.2) is 0 Å². The first-order valence-electron chi connectivity index (χ1n) is 7.64. The summed E-state index contributed by atoms with van der Waals surface area (Å²) in [6.07, 6.45) is 1.00. The second-order valence-electron chi connectivity index (χ2n) is 5.15. The summed E-state index contributed by atoms with van der Waals surface area (Å²) in [6, 6.07) is 14.4. The molecular formula is C18H23FN2O. The zero-order valence-corrected chi connectivity index (χ0v) is 12.9. The van der Waals surface area contributed by atoms with Gasteiger partial charge in [-0.1, -0.05) is 18.2 Å². The zero-order valence-electron chi connectivity index (χ0n) is 12.9. The fourth-order valence-corrected chi connectivity index (χ4v) is 2.09. The molecule has 0 aliphatic rings. The summed E-state index contributed by atoms with van der Waals surface area (Å²) in [5, 5.41) is 6.60. The van der Waals surface area contributed by atoms with Crippen LogP contribution in [0.2, 0.25) is 0 Å². The van der Waals surface area contributed by atoms with E-state index in [0.717, 1.165) is 43.1 Å². The molecule has 2 N–H and O–H groups in total. The molecule has 2 rings (SSSR count). The van der Waals surface area contributed by atoms with Crippen LogP contribution in [0.4, 0.5) is 10.1 Å². The monoisotopic (exact) mass is 302 g/mol. The molecular weight excluding hydrogens is 279 g/mol. The molecule has 0 bridgehead atoms. The van der Waals surface area contributed by atoms with Crippen LogP contribution in [0.5, 0.6) is 5.75 Å². The first-order chi connectivity index (χ1) is 10.8. The van der Waals surface area contributed by atoms with Crippen molar-refractivity contribution in [2.45, 2.75) is 13.3 Å². The van der Waals surface area contributed by atoms with Gasteiger partial charge < -0.3 is 15.4 Å². The standard InChI is InChI=1S/C18H23FN2O/c1-15-5-2-3-6-18(15)22-14-13-20-11-4-12-21-17-9-7-16(19)8-10-17/h2-3,5-10,20-21H,4,11-14H2,1H3. The van der Waals surface area contributed by atoms with Crippen LogP contribution in [-0.2, 0) is 0 Å². The van der Waals surface area contributed by atoms with Gasteiger partial charge in [-0.15, -0.1) is 0 Å². The molecule has 0 fully saturated rings. The van der Waals surface area contributed by atoms with Crippen LogP contribution in [-0.4, -0.2) is 26.2 Å². The molecule has 2 aromatic rings. The Bertz CT molecular complexity index is 557. The molecule has 0 aliphatic heterocycles. The molecule has 2 aromatic carbocycles. The van der Waals surface area contributed by atoms with Crippen LogP contribution in [0, 0.1) is 12.7 Å². The Balaban J connectivity index is 1.49. The molecule has 0 aliphatic carbocycles. The molecule has 0 unspecified atom stereocenters. The lowest BCUT2D eigenvalue weighted by molar-refractivity contribution is 0.312. The second-order valence-corrected chi connectivity index (χ2v) is 5.15. The Hall–Kier alpha value is -2.07. The van der Waals surface area contributed by atoms with Crippen LogP contribution in [0.25, 0.3) is 0 Å². The predicted molar refractivity (Wildman–Crippen MR) is 89.1 cm³/mol. The molecule has 0 spiro atoms. The maximum Gasteiger partial charge on any atom is 0.123 e. The van der Waals surface area contributed by atoms with Crippen LogP contribution in [0.1, 0.15) is 12.0 Å². The van der Waals surface area contributed by atoms with Crippen LogP contribution in [0.15, 0.2) is 48.5 Å². The smallest absolute Gasteiger partial charge is 0.123 e. The molecule has 0 saturated heterocycles. The topological polar surface area (TPSA) is 33.3 Å². The zero-order chi connectivity index (χ0) is 15.6. The minimum Gasteiger partial charge on any atom is -0.492 e. The Morgan fingerprint density at radius 2 is 1.73 bits per heavy atom. The lowest BCUT2D eigenvalue weighted by Gasteiger charge is -2.10. The van der Waals surface area contributed by atoms with Crippen molar-refractivity contribution in [1.29, 1.82) is 0 Å². The van der Waals surface area contributed by atoms with Gasteiger partial charge in [0.05, 0.1) is 0 Å². The molecule has 4 heteroatoms. The van der Waals surface area contributed by atoms with Crippen molar-refractivity contribution in [2.24, 2.45) is 0 Å². The molecule has 118 valence electrons. The highest BCUT2D eigenvalue weighted by molar-refractivity contribution is 5.42. The van der Waals surface area contributed by atoms with Crippen LogP contribution in [0.3, 0.4) is 0 Å². The number of benzene rings is 2. The summed E-state index contributed by atoms with van der Waals surface area (Å²) in [6.45, 7) is 5.31. The van der Waals surface area contributed by atoms with E-state index < -0.39 is 0 Å². The number of rotatable bonds is 9. The number of hydrogen-bond donors (Lipinski definition) is 2. The molecule has 0 heterocycles. The van der Waals surface area contributed by atoms with Gasteiger partial charge in [-0.25, -0.2) is 4.39 Å². The van der Waals surface area contributed by atoms with Gasteiger partial charge in [-0.05, 0) is 55.8 Å². The highest BCUT2D eigenvalue weighted by Crippen LogP contribution is 2.15. The molecule has 3 nitrogen and oxygen atoms in total. The highest BCUT2D eigenvalue weighted by Gasteiger charge is 1.97. The van der Waals surface area contributed by atoms with Crippen molar-refractivity contribution in [3.05, 3.63) is 59.9 Å². The Kier molecular flexibility index (Phi) is 6.71. The third-order valence-corrected chi connectivity index (χ3v) is 3.33. The van der Waals surface area contributed by atoms with Crippen LogP contribution < -0.4 is 15.4 Å². The van der Waals surface area contributed by atoms with Gasteiger partial charge in [0, 0.05) is 18.8 Å². The predicted octanol–water partition coefficient (Wildman–Crippen LogP) is 3.60. The fraction of sp³-hybridized carbons (Fsp3) is 0.333. The van der Waals surface area contributed by atoms with Crippen molar-refractivity contribution in [1.82, 2.24) is 5.32 Å². The van der Waals surface area contributed by atoms with E-state index in [1.165, 1.54) is 12.1 Å². The minimum absolute atomic E-state index is 0.208. The quantitative estimate of drug-likeness (QED) is 0.694. The van der Waals surface area contributed by atoms with Gasteiger partial charge in [-0.3, -0.25) is 0 Å². The fourth-order valence-electron chi connectivity index (χ4n) is 2.09. The number of anilines is 1. The van der Waals surface area contributed by atoms with Crippen molar-refractivity contribution < 1.29 is 9.13 Å². The number of aryl methyl sites for hydroxylation is 1. The maximum atomic E-state index is 12.7. The summed E-state index contributed by atoms with van der Waals surface area (Å²) in [5.41, 5.74) is 2.11. The summed E-state index contributed by atoms with van der Waals surface area (Å²) >= 11 is 0. The largest absolute Gasteiger partial charge is 0.492 e. The van der Waals surface area contributed by atoms with Crippen molar-refractivity contribution >= 4 is 5.69 Å². The summed E-state index contributed by atoms with van der Waals surface area (Å²) in [7, 11) is 0. The van der Waals surface area contributed by atoms with Gasteiger partial charge in [-0.2, -0.15) is 0 Å². The number of nitrogens with one attached hydrogen (secondary N) is 2. The minimum atomic E-state index is -0.208. The third kappa shape index (κ3) is 5.74. The lowest BCUT2D eigenvalue weighted by Crippen LogP contribution is -2.23. The first-order valence-corrected chi connectivity index (χ1v) is 7.64. The SMILES string of the molecule is Cc1ccccc1OCCNCCCNc1ccc(F)cc1. The van der Waals surface area contributed by atoms with Gasteiger partial charge in [0.1, 0.15) is 18.2 Å².